The van der Waals surface area contributed by atoms with E-state index in [1.54, 1.807) is 0 Å². The molecule has 0 saturated carbocycles. The Kier molecular flexibility index (Phi) is 17.2. The summed E-state index contributed by atoms with van der Waals surface area (Å²) in [7, 11) is 0. The summed E-state index contributed by atoms with van der Waals surface area (Å²) in [6.45, 7) is 5.44. The number of unbranched alkanes of at least 4 members (excludes halogenated alkanes) is 1. The highest BCUT2D eigenvalue weighted by molar-refractivity contribution is 5.94. The SMILES string of the molecule is CC(C)C[C@@H](NC(=O)[C@@H](Cc1ccccc1)NC(=O)CC(NCCN)c1ccccc1)C(=O)N[C@H](CCCCN)C(=O)N1CCC(N)(C(=O)O)CC1. The van der Waals surface area contributed by atoms with Crippen molar-refractivity contribution in [2.24, 2.45) is 23.1 Å². The van der Waals surface area contributed by atoms with E-state index >= 15 is 0 Å². The van der Waals surface area contributed by atoms with E-state index in [-0.39, 0.29) is 69.0 Å². The van der Waals surface area contributed by atoms with Crippen molar-refractivity contribution < 1.29 is 29.1 Å². The quantitative estimate of drug-likeness (QED) is 0.0850. The molecule has 4 atom stereocenters. The standard InChI is InChI=1S/C38H58N8O6/c1-26(2)23-31(34(48)44-29(15-9-10-18-39)36(50)46-21-16-38(41,17-22-46)37(51)52)45-35(49)32(24-27-11-5-3-6-12-27)43-33(47)25-30(42-20-19-40)28-13-7-4-8-14-28/h3-8,11-14,26,29-32,42H,9-10,15-25,39-41H2,1-2H3,(H,43,47)(H,44,48)(H,45,49)(H,51,52)/t29-,30?,31-,32-/m1/s1. The van der Waals surface area contributed by atoms with E-state index in [4.69, 9.17) is 17.2 Å². The first kappa shape index (κ1) is 42.0. The van der Waals surface area contributed by atoms with Crippen molar-refractivity contribution >= 4 is 29.6 Å². The highest BCUT2D eigenvalue weighted by atomic mass is 16.4. The van der Waals surface area contributed by atoms with Gasteiger partial charge < -0.3 is 48.5 Å². The lowest BCUT2D eigenvalue weighted by Crippen LogP contribution is -2.60. The zero-order valence-corrected chi connectivity index (χ0v) is 30.5. The van der Waals surface area contributed by atoms with Gasteiger partial charge in [0.1, 0.15) is 23.7 Å². The predicted octanol–water partition coefficient (Wildman–Crippen LogP) is 0.943. The van der Waals surface area contributed by atoms with Crippen LogP contribution in [0, 0.1) is 5.92 Å². The maximum Gasteiger partial charge on any atom is 0.323 e. The molecule has 1 aliphatic rings. The van der Waals surface area contributed by atoms with Gasteiger partial charge in [0.25, 0.3) is 0 Å². The fourth-order valence-corrected chi connectivity index (χ4v) is 6.31. The number of aliphatic carboxylic acids is 1. The van der Waals surface area contributed by atoms with Crippen LogP contribution in [-0.4, -0.2) is 96.0 Å². The summed E-state index contributed by atoms with van der Waals surface area (Å²) in [4.78, 5) is 68.4. The highest BCUT2D eigenvalue weighted by Gasteiger charge is 2.40. The lowest BCUT2D eigenvalue weighted by Gasteiger charge is -2.38. The highest BCUT2D eigenvalue weighted by Crippen LogP contribution is 2.22. The van der Waals surface area contributed by atoms with Gasteiger partial charge in [-0.3, -0.25) is 24.0 Å². The molecule has 0 bridgehead atoms. The molecule has 52 heavy (non-hydrogen) atoms. The van der Waals surface area contributed by atoms with Crippen LogP contribution in [0.4, 0.5) is 0 Å². The Balaban J connectivity index is 1.79. The van der Waals surface area contributed by atoms with Gasteiger partial charge >= 0.3 is 5.97 Å². The molecule has 1 heterocycles. The van der Waals surface area contributed by atoms with Gasteiger partial charge in [0, 0.05) is 45.1 Å². The number of carboxylic acid groups (broad SMARTS) is 1. The van der Waals surface area contributed by atoms with Gasteiger partial charge in [-0.1, -0.05) is 74.5 Å². The first-order valence-electron chi connectivity index (χ1n) is 18.3. The van der Waals surface area contributed by atoms with Gasteiger partial charge in [0.2, 0.25) is 23.6 Å². The lowest BCUT2D eigenvalue weighted by molar-refractivity contribution is -0.148. The van der Waals surface area contributed by atoms with Crippen LogP contribution in [0.1, 0.15) is 76.0 Å². The van der Waals surface area contributed by atoms with Crippen LogP contribution in [0.25, 0.3) is 0 Å². The largest absolute Gasteiger partial charge is 0.480 e. The Morgan fingerprint density at radius 1 is 0.808 bits per heavy atom. The molecular weight excluding hydrogens is 664 g/mol. The molecule has 1 saturated heterocycles. The molecule has 1 aliphatic heterocycles. The van der Waals surface area contributed by atoms with Crippen LogP contribution < -0.4 is 38.5 Å². The van der Waals surface area contributed by atoms with Crippen LogP contribution in [0.15, 0.2) is 60.7 Å². The summed E-state index contributed by atoms with van der Waals surface area (Å²) in [6, 6.07) is 15.6. The number of hydrogen-bond acceptors (Lipinski definition) is 9. The third-order valence-corrected chi connectivity index (χ3v) is 9.36. The minimum absolute atomic E-state index is 0.000599. The number of carbonyl (C=O) groups excluding carboxylic acids is 4. The zero-order valence-electron chi connectivity index (χ0n) is 30.5. The zero-order chi connectivity index (χ0) is 38.1. The van der Waals surface area contributed by atoms with E-state index in [1.807, 2.05) is 74.5 Å². The average molecular weight is 723 g/mol. The third kappa shape index (κ3) is 13.3. The van der Waals surface area contributed by atoms with Crippen LogP contribution in [0.3, 0.4) is 0 Å². The minimum Gasteiger partial charge on any atom is -0.480 e. The Bertz CT molecular complexity index is 1440. The second-order valence-corrected chi connectivity index (χ2v) is 14.0. The Morgan fingerprint density at radius 3 is 1.98 bits per heavy atom. The molecule has 0 aliphatic carbocycles. The van der Waals surface area contributed by atoms with E-state index in [1.165, 1.54) is 4.90 Å². The number of piperidine rings is 1. The fraction of sp³-hybridized carbons (Fsp3) is 0.553. The number of benzene rings is 2. The lowest BCUT2D eigenvalue weighted by atomic mass is 9.88. The minimum atomic E-state index is -1.41. The first-order valence-corrected chi connectivity index (χ1v) is 18.3. The number of carboxylic acids is 1. The maximum atomic E-state index is 14.0. The number of nitrogens with one attached hydrogen (secondary N) is 4. The summed E-state index contributed by atoms with van der Waals surface area (Å²) in [5.41, 5.74) is 17.8. The summed E-state index contributed by atoms with van der Waals surface area (Å²) >= 11 is 0. The molecule has 0 aromatic heterocycles. The van der Waals surface area contributed by atoms with Crippen molar-refractivity contribution in [1.29, 1.82) is 0 Å². The molecule has 1 fully saturated rings. The van der Waals surface area contributed by atoms with E-state index in [2.05, 4.69) is 21.3 Å². The predicted molar refractivity (Wildman–Crippen MR) is 200 cm³/mol. The number of rotatable bonds is 21. The van der Waals surface area contributed by atoms with E-state index in [0.717, 1.165) is 11.1 Å². The molecule has 11 N–H and O–H groups in total. The number of likely N-dealkylation sites (tertiary alicyclic amines) is 1. The summed E-state index contributed by atoms with van der Waals surface area (Å²) in [5, 5.41) is 21.5. The second kappa shape index (κ2) is 21.2. The van der Waals surface area contributed by atoms with Gasteiger partial charge in [-0.15, -0.1) is 0 Å². The Morgan fingerprint density at radius 2 is 1.40 bits per heavy atom. The second-order valence-electron chi connectivity index (χ2n) is 14.0. The van der Waals surface area contributed by atoms with E-state index < -0.39 is 41.4 Å². The van der Waals surface area contributed by atoms with Crippen LogP contribution >= 0.6 is 0 Å². The number of nitrogens with two attached hydrogens (primary N) is 3. The van der Waals surface area contributed by atoms with Crippen LogP contribution in [0.5, 0.6) is 0 Å². The molecule has 14 heteroatoms. The maximum absolute atomic E-state index is 14.0. The third-order valence-electron chi connectivity index (χ3n) is 9.36. The molecule has 2 aromatic rings. The van der Waals surface area contributed by atoms with Crippen molar-refractivity contribution in [1.82, 2.24) is 26.2 Å². The molecule has 14 nitrogen and oxygen atoms in total. The number of carbonyl (C=O) groups is 5. The average Bonchev–Trinajstić information content (AvgIpc) is 3.13. The summed E-state index contributed by atoms with van der Waals surface area (Å²) in [5.74, 6) is -2.85. The molecule has 0 radical (unpaired) electrons. The molecule has 0 spiro atoms. The summed E-state index contributed by atoms with van der Waals surface area (Å²) < 4.78 is 0. The molecule has 286 valence electrons. The first-order chi connectivity index (χ1) is 24.9. The molecule has 1 unspecified atom stereocenters. The van der Waals surface area contributed by atoms with Gasteiger partial charge in [0.15, 0.2) is 0 Å². The number of amides is 4. The van der Waals surface area contributed by atoms with Crippen LogP contribution in [-0.2, 0) is 30.4 Å². The monoisotopic (exact) mass is 722 g/mol. The van der Waals surface area contributed by atoms with Gasteiger partial charge in [0.05, 0.1) is 0 Å². The summed E-state index contributed by atoms with van der Waals surface area (Å²) in [6.07, 6.45) is 2.25. The van der Waals surface area contributed by atoms with Gasteiger partial charge in [-0.25, -0.2) is 0 Å². The van der Waals surface area contributed by atoms with Crippen molar-refractivity contribution in [2.45, 2.75) is 94.9 Å². The topological polar surface area (TPSA) is 235 Å². The number of nitrogens with zero attached hydrogens (tertiary/aromatic N) is 1. The molecular formula is C38H58N8O6. The Hall–Kier alpha value is -4.37. The number of hydrogen-bond donors (Lipinski definition) is 8. The van der Waals surface area contributed by atoms with Crippen molar-refractivity contribution in [3.8, 4) is 0 Å². The molecule has 3 rings (SSSR count). The Labute approximate surface area is 307 Å². The van der Waals surface area contributed by atoms with Crippen molar-refractivity contribution in [2.75, 3.05) is 32.7 Å². The smallest absolute Gasteiger partial charge is 0.323 e. The van der Waals surface area contributed by atoms with Crippen molar-refractivity contribution in [3.05, 3.63) is 71.8 Å². The van der Waals surface area contributed by atoms with Crippen molar-refractivity contribution in [3.63, 3.8) is 0 Å². The fourth-order valence-electron chi connectivity index (χ4n) is 6.31. The normalized spacial score (nSPS) is 16.3. The van der Waals surface area contributed by atoms with E-state index in [0.29, 0.717) is 38.9 Å². The van der Waals surface area contributed by atoms with Gasteiger partial charge in [-0.05, 0) is 62.1 Å². The van der Waals surface area contributed by atoms with Gasteiger partial charge in [-0.2, -0.15) is 0 Å². The van der Waals surface area contributed by atoms with Crippen LogP contribution in [0.2, 0.25) is 0 Å². The van der Waals surface area contributed by atoms with E-state index in [9.17, 15) is 29.1 Å². The molecule has 4 amide bonds. The molecule has 2 aromatic carbocycles.